The van der Waals surface area contributed by atoms with Gasteiger partial charge in [-0.15, -0.1) is 0 Å². The van der Waals surface area contributed by atoms with Crippen molar-refractivity contribution in [3.05, 3.63) is 34.9 Å². The first-order valence-electron chi connectivity index (χ1n) is 9.32. The van der Waals surface area contributed by atoms with E-state index in [4.69, 9.17) is 4.74 Å². The predicted molar refractivity (Wildman–Crippen MR) is 100 cm³/mol. The molecule has 4 amide bonds. The largest absolute Gasteiger partial charge is 0.444 e. The molecule has 0 bridgehead atoms. The lowest BCUT2D eigenvalue weighted by atomic mass is 10.0. The molecule has 2 unspecified atom stereocenters. The van der Waals surface area contributed by atoms with Crippen LogP contribution in [-0.4, -0.2) is 40.4 Å². The van der Waals surface area contributed by atoms with Gasteiger partial charge in [0.2, 0.25) is 11.8 Å². The molecule has 1 aromatic rings. The van der Waals surface area contributed by atoms with Crippen molar-refractivity contribution < 1.29 is 23.9 Å². The second-order valence-electron chi connectivity index (χ2n) is 8.18. The number of alkyl carbamates (subject to hydrolysis) is 1. The third-order valence-electron chi connectivity index (χ3n) is 4.78. The molecule has 1 aromatic carbocycles. The SMILES string of the molecule is CC(NC(=O)OC(C)(C)C)c1ccc2c(c1)CN(C1CCC(=O)NC1=O)C2=O. The lowest BCUT2D eigenvalue weighted by Gasteiger charge is -2.29. The highest BCUT2D eigenvalue weighted by Crippen LogP contribution is 2.29. The number of hydrogen-bond donors (Lipinski definition) is 2. The van der Waals surface area contributed by atoms with E-state index in [0.29, 0.717) is 18.5 Å². The topological polar surface area (TPSA) is 105 Å². The van der Waals surface area contributed by atoms with Gasteiger partial charge in [0.25, 0.3) is 5.91 Å². The summed E-state index contributed by atoms with van der Waals surface area (Å²) in [7, 11) is 0. The molecule has 2 N–H and O–H groups in total. The Labute approximate surface area is 163 Å². The van der Waals surface area contributed by atoms with Crippen LogP contribution in [0.3, 0.4) is 0 Å². The fourth-order valence-electron chi connectivity index (χ4n) is 3.43. The summed E-state index contributed by atoms with van der Waals surface area (Å²) >= 11 is 0. The molecule has 1 fully saturated rings. The molecule has 3 rings (SSSR count). The lowest BCUT2D eigenvalue weighted by Crippen LogP contribution is -2.52. The van der Waals surface area contributed by atoms with E-state index in [1.165, 1.54) is 4.90 Å². The average Bonchev–Trinajstić information content (AvgIpc) is 2.89. The van der Waals surface area contributed by atoms with E-state index in [0.717, 1.165) is 11.1 Å². The van der Waals surface area contributed by atoms with Gasteiger partial charge in [0.15, 0.2) is 0 Å². The summed E-state index contributed by atoms with van der Waals surface area (Å²) in [5.41, 5.74) is 1.59. The van der Waals surface area contributed by atoms with Crippen molar-refractivity contribution in [1.29, 1.82) is 0 Å². The highest BCUT2D eigenvalue weighted by atomic mass is 16.6. The minimum absolute atomic E-state index is 0.219. The Balaban J connectivity index is 1.72. The summed E-state index contributed by atoms with van der Waals surface area (Å²) in [4.78, 5) is 49.7. The standard InChI is InChI=1S/C20H25N3O5/c1-11(21-19(27)28-20(2,3)4)12-5-6-14-13(9-12)10-23(18(14)26)15-7-8-16(24)22-17(15)25/h5-6,9,11,15H,7-8,10H2,1-4H3,(H,21,27)(H,22,24,25). The van der Waals surface area contributed by atoms with Crippen molar-refractivity contribution >= 4 is 23.8 Å². The molecule has 150 valence electrons. The molecule has 0 aliphatic carbocycles. The molecule has 0 spiro atoms. The van der Waals surface area contributed by atoms with Gasteiger partial charge in [-0.2, -0.15) is 0 Å². The number of nitrogens with one attached hydrogen (secondary N) is 2. The molecule has 0 saturated carbocycles. The Hall–Kier alpha value is -2.90. The Morgan fingerprint density at radius 1 is 1.29 bits per heavy atom. The molecule has 0 radical (unpaired) electrons. The average molecular weight is 387 g/mol. The van der Waals surface area contributed by atoms with Crippen molar-refractivity contribution in [3.63, 3.8) is 0 Å². The summed E-state index contributed by atoms with van der Waals surface area (Å²) in [5, 5.41) is 5.07. The number of fused-ring (bicyclic) bond motifs is 1. The number of carbonyl (C=O) groups excluding carboxylic acids is 4. The quantitative estimate of drug-likeness (QED) is 0.772. The molecule has 8 heteroatoms. The van der Waals surface area contributed by atoms with E-state index in [2.05, 4.69) is 10.6 Å². The second kappa shape index (κ2) is 7.26. The number of hydrogen-bond acceptors (Lipinski definition) is 5. The first-order valence-corrected chi connectivity index (χ1v) is 9.32. The highest BCUT2D eigenvalue weighted by molar-refractivity contribution is 6.05. The summed E-state index contributed by atoms with van der Waals surface area (Å²) in [6.07, 6.45) is 0.0358. The Morgan fingerprint density at radius 2 is 2.00 bits per heavy atom. The molecule has 28 heavy (non-hydrogen) atoms. The van der Waals surface area contributed by atoms with Crippen LogP contribution in [0.25, 0.3) is 0 Å². The van der Waals surface area contributed by atoms with Gasteiger partial charge < -0.3 is 15.0 Å². The molecular formula is C20H25N3O5. The van der Waals surface area contributed by atoms with E-state index in [-0.39, 0.29) is 24.3 Å². The first-order chi connectivity index (χ1) is 13.0. The van der Waals surface area contributed by atoms with Gasteiger partial charge in [-0.25, -0.2) is 4.79 Å². The second-order valence-corrected chi connectivity index (χ2v) is 8.18. The lowest BCUT2D eigenvalue weighted by molar-refractivity contribution is -0.136. The van der Waals surface area contributed by atoms with Crippen LogP contribution >= 0.6 is 0 Å². The minimum atomic E-state index is -0.640. The third kappa shape index (κ3) is 4.16. The first kappa shape index (κ1) is 19.9. The maximum absolute atomic E-state index is 12.7. The maximum Gasteiger partial charge on any atom is 0.408 e. The molecule has 1 saturated heterocycles. The molecule has 2 atom stereocenters. The summed E-state index contributed by atoms with van der Waals surface area (Å²) in [6, 6.07) is 4.42. The fourth-order valence-corrected chi connectivity index (χ4v) is 3.43. The van der Waals surface area contributed by atoms with Crippen molar-refractivity contribution in [2.75, 3.05) is 0 Å². The molecule has 2 heterocycles. The highest BCUT2D eigenvalue weighted by Gasteiger charge is 2.39. The third-order valence-corrected chi connectivity index (χ3v) is 4.78. The zero-order valence-electron chi connectivity index (χ0n) is 16.5. The monoisotopic (exact) mass is 387 g/mol. The number of rotatable bonds is 3. The fraction of sp³-hybridized carbons (Fsp3) is 0.500. The van der Waals surface area contributed by atoms with Crippen LogP contribution in [-0.2, 0) is 20.9 Å². The number of benzene rings is 1. The van der Waals surface area contributed by atoms with Crippen molar-refractivity contribution in [3.8, 4) is 0 Å². The van der Waals surface area contributed by atoms with E-state index in [9.17, 15) is 19.2 Å². The number of nitrogens with zero attached hydrogens (tertiary/aromatic N) is 1. The molecular weight excluding hydrogens is 362 g/mol. The maximum atomic E-state index is 12.7. The summed E-state index contributed by atoms with van der Waals surface area (Å²) < 4.78 is 5.27. The number of amides is 4. The number of piperidine rings is 1. The van der Waals surface area contributed by atoms with E-state index in [1.54, 1.807) is 32.9 Å². The van der Waals surface area contributed by atoms with Crippen molar-refractivity contribution in [2.24, 2.45) is 0 Å². The molecule has 8 nitrogen and oxygen atoms in total. The summed E-state index contributed by atoms with van der Waals surface area (Å²) in [5.74, 6) is -0.962. The predicted octanol–water partition coefficient (Wildman–Crippen LogP) is 2.03. The molecule has 2 aliphatic rings. The van der Waals surface area contributed by atoms with Crippen LogP contribution in [0.4, 0.5) is 4.79 Å². The van der Waals surface area contributed by atoms with Gasteiger partial charge in [-0.05, 0) is 51.3 Å². The Bertz CT molecular complexity index is 843. The van der Waals surface area contributed by atoms with Gasteiger partial charge in [0.05, 0.1) is 6.04 Å². The summed E-state index contributed by atoms with van der Waals surface area (Å²) in [6.45, 7) is 7.51. The van der Waals surface area contributed by atoms with Gasteiger partial charge in [-0.1, -0.05) is 12.1 Å². The van der Waals surface area contributed by atoms with Gasteiger partial charge in [0.1, 0.15) is 11.6 Å². The zero-order valence-corrected chi connectivity index (χ0v) is 16.5. The van der Waals surface area contributed by atoms with Crippen LogP contribution in [0, 0.1) is 0 Å². The van der Waals surface area contributed by atoms with Crippen LogP contribution in [0.5, 0.6) is 0 Å². The number of carbonyl (C=O) groups is 4. The van der Waals surface area contributed by atoms with Crippen LogP contribution in [0.15, 0.2) is 18.2 Å². The zero-order chi connectivity index (χ0) is 20.6. The van der Waals surface area contributed by atoms with Crippen molar-refractivity contribution in [2.45, 2.75) is 64.8 Å². The van der Waals surface area contributed by atoms with E-state index >= 15 is 0 Å². The molecule has 2 aliphatic heterocycles. The van der Waals surface area contributed by atoms with Crippen LogP contribution in [0.1, 0.15) is 68.1 Å². The Kier molecular flexibility index (Phi) is 5.14. The van der Waals surface area contributed by atoms with Crippen molar-refractivity contribution in [1.82, 2.24) is 15.5 Å². The molecule has 0 aromatic heterocycles. The Morgan fingerprint density at radius 3 is 2.64 bits per heavy atom. The van der Waals surface area contributed by atoms with Gasteiger partial charge in [0, 0.05) is 18.5 Å². The van der Waals surface area contributed by atoms with E-state index in [1.807, 2.05) is 13.0 Å². The van der Waals surface area contributed by atoms with Gasteiger partial charge >= 0.3 is 6.09 Å². The smallest absolute Gasteiger partial charge is 0.408 e. The number of imide groups is 1. The normalized spacial score (nSPS) is 20.5. The van der Waals surface area contributed by atoms with Crippen LogP contribution in [0.2, 0.25) is 0 Å². The number of ether oxygens (including phenoxy) is 1. The van der Waals surface area contributed by atoms with Gasteiger partial charge in [-0.3, -0.25) is 19.7 Å². The van der Waals surface area contributed by atoms with Crippen LogP contribution < -0.4 is 10.6 Å². The van der Waals surface area contributed by atoms with E-state index < -0.39 is 23.6 Å². The minimum Gasteiger partial charge on any atom is -0.444 e.